The lowest BCUT2D eigenvalue weighted by Gasteiger charge is -1.98. The molecule has 1 aliphatic rings. The van der Waals surface area contributed by atoms with E-state index >= 15 is 0 Å². The van der Waals surface area contributed by atoms with Gasteiger partial charge in [0, 0.05) is 0 Å². The normalized spacial score (nSPS) is 19.0. The van der Waals surface area contributed by atoms with E-state index in [1.807, 2.05) is 19.1 Å². The first kappa shape index (κ1) is 9.53. The van der Waals surface area contributed by atoms with E-state index in [0.29, 0.717) is 0 Å². The molecule has 3 nitrogen and oxygen atoms in total. The quantitative estimate of drug-likeness (QED) is 0.348. The number of carbonyl (C=O) groups excluding carboxylic acids is 1. The van der Waals surface area contributed by atoms with Crippen LogP contribution in [-0.4, -0.2) is 13.1 Å². The standard InChI is InChI=1S/C10H11NO2/c1-7-3-4-8(5-7)9(6-11)10(12)13-2/h5H,3-4H2,1-2H3. The molecule has 68 valence electrons. The second-order valence-corrected chi connectivity index (χ2v) is 2.99. The first-order valence-electron chi connectivity index (χ1n) is 4.07. The molecule has 0 fully saturated rings. The summed E-state index contributed by atoms with van der Waals surface area (Å²) in [6.07, 6.45) is 3.58. The fourth-order valence-corrected chi connectivity index (χ4v) is 1.32. The van der Waals surface area contributed by atoms with Crippen LogP contribution in [0.15, 0.2) is 22.8 Å². The van der Waals surface area contributed by atoms with Crippen molar-refractivity contribution in [3.8, 4) is 6.07 Å². The molecule has 0 radical (unpaired) electrons. The van der Waals surface area contributed by atoms with Gasteiger partial charge in [-0.25, -0.2) is 4.79 Å². The second-order valence-electron chi connectivity index (χ2n) is 2.99. The van der Waals surface area contributed by atoms with Crippen LogP contribution in [-0.2, 0) is 9.53 Å². The van der Waals surface area contributed by atoms with Gasteiger partial charge < -0.3 is 4.74 Å². The largest absolute Gasteiger partial charge is 0.465 e. The molecule has 0 bridgehead atoms. The molecule has 0 saturated heterocycles. The Bertz CT molecular complexity index is 331. The number of hydrogen-bond acceptors (Lipinski definition) is 3. The van der Waals surface area contributed by atoms with Crippen LogP contribution in [0.4, 0.5) is 0 Å². The zero-order valence-corrected chi connectivity index (χ0v) is 7.76. The summed E-state index contributed by atoms with van der Waals surface area (Å²) in [5.74, 6) is -0.538. The number of rotatable bonds is 1. The van der Waals surface area contributed by atoms with Crippen LogP contribution in [0, 0.1) is 11.3 Å². The van der Waals surface area contributed by atoms with Gasteiger partial charge in [-0.2, -0.15) is 5.26 Å². The molecule has 1 rings (SSSR count). The molecule has 0 aliphatic heterocycles. The summed E-state index contributed by atoms with van der Waals surface area (Å²) in [6, 6.07) is 1.88. The van der Waals surface area contributed by atoms with E-state index in [0.717, 1.165) is 18.4 Å². The Morgan fingerprint density at radius 2 is 2.31 bits per heavy atom. The highest BCUT2D eigenvalue weighted by Gasteiger charge is 2.17. The zero-order valence-electron chi connectivity index (χ0n) is 7.76. The maximum atomic E-state index is 11.1. The van der Waals surface area contributed by atoms with Crippen molar-refractivity contribution in [1.29, 1.82) is 5.26 Å². The predicted molar refractivity (Wildman–Crippen MR) is 47.6 cm³/mol. The van der Waals surface area contributed by atoms with Gasteiger partial charge in [-0.3, -0.25) is 0 Å². The van der Waals surface area contributed by atoms with Gasteiger partial charge in [0.2, 0.25) is 0 Å². The molecule has 0 N–H and O–H groups in total. The van der Waals surface area contributed by atoms with E-state index in [-0.39, 0.29) is 5.57 Å². The highest BCUT2D eigenvalue weighted by Crippen LogP contribution is 2.25. The smallest absolute Gasteiger partial charge is 0.348 e. The van der Waals surface area contributed by atoms with Gasteiger partial charge in [-0.05, 0) is 25.3 Å². The number of nitriles is 1. The second kappa shape index (κ2) is 3.90. The molecule has 0 amide bonds. The van der Waals surface area contributed by atoms with Gasteiger partial charge >= 0.3 is 5.97 Å². The zero-order chi connectivity index (χ0) is 9.84. The summed E-state index contributed by atoms with van der Waals surface area (Å²) in [7, 11) is 1.28. The maximum Gasteiger partial charge on any atom is 0.348 e. The molecule has 0 aromatic heterocycles. The third-order valence-corrected chi connectivity index (χ3v) is 2.03. The Morgan fingerprint density at radius 3 is 2.69 bits per heavy atom. The summed E-state index contributed by atoms with van der Waals surface area (Å²) < 4.78 is 4.50. The average molecular weight is 177 g/mol. The van der Waals surface area contributed by atoms with Crippen LogP contribution in [0.1, 0.15) is 19.8 Å². The van der Waals surface area contributed by atoms with E-state index in [2.05, 4.69) is 4.74 Å². The van der Waals surface area contributed by atoms with Crippen molar-refractivity contribution in [1.82, 2.24) is 0 Å². The third kappa shape index (κ3) is 1.97. The summed E-state index contributed by atoms with van der Waals surface area (Å²) in [5.41, 5.74) is 2.14. The van der Waals surface area contributed by atoms with Crippen molar-refractivity contribution in [2.24, 2.45) is 0 Å². The Kier molecular flexibility index (Phi) is 2.86. The minimum atomic E-state index is -0.538. The lowest BCUT2D eigenvalue weighted by Crippen LogP contribution is -2.04. The van der Waals surface area contributed by atoms with Crippen molar-refractivity contribution in [2.45, 2.75) is 19.8 Å². The first-order chi connectivity index (χ1) is 6.19. The number of methoxy groups -OCH3 is 1. The fourth-order valence-electron chi connectivity index (χ4n) is 1.32. The molecule has 0 atom stereocenters. The lowest BCUT2D eigenvalue weighted by molar-refractivity contribution is -0.135. The molecule has 0 aromatic carbocycles. The van der Waals surface area contributed by atoms with Gasteiger partial charge in [0.25, 0.3) is 0 Å². The van der Waals surface area contributed by atoms with Crippen molar-refractivity contribution in [3.05, 3.63) is 22.8 Å². The van der Waals surface area contributed by atoms with E-state index in [4.69, 9.17) is 5.26 Å². The first-order valence-corrected chi connectivity index (χ1v) is 4.07. The summed E-state index contributed by atoms with van der Waals surface area (Å²) in [6.45, 7) is 1.99. The van der Waals surface area contributed by atoms with Crippen molar-refractivity contribution < 1.29 is 9.53 Å². The van der Waals surface area contributed by atoms with Gasteiger partial charge in [0.1, 0.15) is 11.6 Å². The lowest BCUT2D eigenvalue weighted by atomic mass is 10.1. The topological polar surface area (TPSA) is 50.1 Å². The van der Waals surface area contributed by atoms with Crippen LogP contribution < -0.4 is 0 Å². The molecule has 3 heteroatoms. The Labute approximate surface area is 77.3 Å². The molecule has 0 aromatic rings. The molecule has 0 saturated carbocycles. The van der Waals surface area contributed by atoms with Gasteiger partial charge in [-0.1, -0.05) is 11.6 Å². The molecule has 0 spiro atoms. The van der Waals surface area contributed by atoms with Crippen LogP contribution >= 0.6 is 0 Å². The van der Waals surface area contributed by atoms with Crippen LogP contribution in [0.5, 0.6) is 0 Å². The predicted octanol–water partition coefficient (Wildman–Crippen LogP) is 1.72. The molecule has 0 heterocycles. The monoisotopic (exact) mass is 177 g/mol. The molecular weight excluding hydrogens is 166 g/mol. The van der Waals surface area contributed by atoms with E-state index in [9.17, 15) is 4.79 Å². The van der Waals surface area contributed by atoms with Gasteiger partial charge in [0.05, 0.1) is 7.11 Å². The molecule has 0 unspecified atom stereocenters. The number of ether oxygens (including phenoxy) is 1. The van der Waals surface area contributed by atoms with Gasteiger partial charge in [0.15, 0.2) is 0 Å². The fraction of sp³-hybridized carbons (Fsp3) is 0.400. The maximum absolute atomic E-state index is 11.1. The SMILES string of the molecule is COC(=O)C(C#N)=C1C=C(C)CC1. The van der Waals surface area contributed by atoms with Crippen LogP contribution in [0.3, 0.4) is 0 Å². The summed E-state index contributed by atoms with van der Waals surface area (Å²) >= 11 is 0. The number of allylic oxidation sites excluding steroid dienone is 3. The molecule has 1 aliphatic carbocycles. The van der Waals surface area contributed by atoms with E-state index in [1.54, 1.807) is 0 Å². The number of esters is 1. The Hall–Kier alpha value is -1.56. The van der Waals surface area contributed by atoms with Crippen LogP contribution in [0.25, 0.3) is 0 Å². The van der Waals surface area contributed by atoms with Crippen molar-refractivity contribution in [3.63, 3.8) is 0 Å². The Balaban J connectivity index is 3.02. The number of carbonyl (C=O) groups is 1. The van der Waals surface area contributed by atoms with E-state index in [1.165, 1.54) is 12.7 Å². The Morgan fingerprint density at radius 1 is 1.62 bits per heavy atom. The van der Waals surface area contributed by atoms with Crippen molar-refractivity contribution >= 4 is 5.97 Å². The third-order valence-electron chi connectivity index (χ3n) is 2.03. The number of nitrogens with zero attached hydrogens (tertiary/aromatic N) is 1. The molecule has 13 heavy (non-hydrogen) atoms. The van der Waals surface area contributed by atoms with E-state index < -0.39 is 5.97 Å². The minimum Gasteiger partial charge on any atom is -0.465 e. The summed E-state index contributed by atoms with van der Waals surface area (Å²) in [5, 5.41) is 8.74. The van der Waals surface area contributed by atoms with Crippen molar-refractivity contribution in [2.75, 3.05) is 7.11 Å². The highest BCUT2D eigenvalue weighted by molar-refractivity contribution is 5.94. The number of hydrogen-bond donors (Lipinski definition) is 0. The average Bonchev–Trinajstić information content (AvgIpc) is 2.53. The minimum absolute atomic E-state index is 0.138. The highest BCUT2D eigenvalue weighted by atomic mass is 16.5. The summed E-state index contributed by atoms with van der Waals surface area (Å²) in [4.78, 5) is 11.1. The van der Waals surface area contributed by atoms with Crippen LogP contribution in [0.2, 0.25) is 0 Å². The molecular formula is C10H11NO2. The van der Waals surface area contributed by atoms with Gasteiger partial charge in [-0.15, -0.1) is 0 Å².